The summed E-state index contributed by atoms with van der Waals surface area (Å²) < 4.78 is 9.02. The van der Waals surface area contributed by atoms with Crippen molar-refractivity contribution in [2.75, 3.05) is 13.2 Å². The molecule has 1 aromatic carbocycles. The number of nitrogens with zero attached hydrogens (tertiary/aromatic N) is 1. The molecule has 164 valence electrons. The third-order valence-corrected chi connectivity index (χ3v) is 6.22. The maximum Gasteiger partial charge on any atom is 0.333 e. The molecule has 2 fully saturated rings. The van der Waals surface area contributed by atoms with Crippen molar-refractivity contribution < 1.29 is 28.7 Å². The number of carbonyl (C=O) groups excluding carboxylic acids is 4. The molecular formula is C20H25ClN2O6S. The first-order valence-corrected chi connectivity index (χ1v) is 10.9. The van der Waals surface area contributed by atoms with Gasteiger partial charge in [0, 0.05) is 18.1 Å². The van der Waals surface area contributed by atoms with Gasteiger partial charge < -0.3 is 19.7 Å². The molecule has 0 unspecified atom stereocenters. The molecule has 10 heteroatoms. The predicted octanol–water partition coefficient (Wildman–Crippen LogP) is 1.70. The number of halogens is 1. The molecule has 0 radical (unpaired) electrons. The van der Waals surface area contributed by atoms with Crippen LogP contribution in [0.1, 0.15) is 26.3 Å². The van der Waals surface area contributed by atoms with Gasteiger partial charge in [-0.2, -0.15) is 0 Å². The smallest absolute Gasteiger partial charge is 0.333 e. The minimum absolute atomic E-state index is 0.180. The Morgan fingerprint density at radius 2 is 1.80 bits per heavy atom. The van der Waals surface area contributed by atoms with Crippen LogP contribution in [-0.2, 0) is 35.1 Å². The van der Waals surface area contributed by atoms with Gasteiger partial charge >= 0.3 is 11.9 Å². The zero-order chi connectivity index (χ0) is 22.5. The Bertz CT molecular complexity index is 804. The molecule has 2 saturated heterocycles. The van der Waals surface area contributed by atoms with Gasteiger partial charge in [-0.25, -0.2) is 4.79 Å². The lowest BCUT2D eigenvalue weighted by molar-refractivity contribution is -0.175. The summed E-state index contributed by atoms with van der Waals surface area (Å²) in [6.07, 6.45) is 1.65. The van der Waals surface area contributed by atoms with Crippen LogP contribution < -0.4 is 5.32 Å². The Kier molecular flexibility index (Phi) is 8.14. The molecule has 2 aliphatic rings. The van der Waals surface area contributed by atoms with Crippen molar-refractivity contribution in [1.29, 1.82) is 0 Å². The van der Waals surface area contributed by atoms with Crippen molar-refractivity contribution in [2.24, 2.45) is 0 Å². The molecule has 0 aliphatic carbocycles. The second-order valence-electron chi connectivity index (χ2n) is 7.18. The molecule has 2 aliphatic heterocycles. The van der Waals surface area contributed by atoms with Crippen molar-refractivity contribution in [1.82, 2.24) is 10.2 Å². The molecule has 2 heterocycles. The number of hydrogen-bond acceptors (Lipinski definition) is 7. The summed E-state index contributed by atoms with van der Waals surface area (Å²) in [4.78, 5) is 49.6. The number of fused-ring (bicyclic) bond motifs is 1. The molecule has 8 nitrogen and oxygen atoms in total. The van der Waals surface area contributed by atoms with E-state index in [0.717, 1.165) is 5.56 Å². The average Bonchev–Trinajstić information content (AvgIpc) is 2.96. The maximum atomic E-state index is 12.6. The number of β-lactam (4-membered cyclic amide) rings is 1. The van der Waals surface area contributed by atoms with Gasteiger partial charge in [-0.15, -0.1) is 23.4 Å². The van der Waals surface area contributed by atoms with Gasteiger partial charge in [-0.1, -0.05) is 30.3 Å². The van der Waals surface area contributed by atoms with Crippen LogP contribution in [0, 0.1) is 0 Å². The zero-order valence-electron chi connectivity index (χ0n) is 17.2. The van der Waals surface area contributed by atoms with Crippen LogP contribution >= 0.6 is 23.4 Å². The third kappa shape index (κ3) is 5.26. The molecule has 0 aromatic heterocycles. The summed E-state index contributed by atoms with van der Waals surface area (Å²) >= 11 is 6.07. The average molecular weight is 457 g/mol. The summed E-state index contributed by atoms with van der Waals surface area (Å²) in [5.74, 6) is -1.77. The molecular weight excluding hydrogens is 432 g/mol. The maximum absolute atomic E-state index is 12.6. The molecule has 0 bridgehead atoms. The lowest BCUT2D eigenvalue weighted by Crippen LogP contribution is -2.70. The summed E-state index contributed by atoms with van der Waals surface area (Å²) in [6.45, 7) is 4.39. The topological polar surface area (TPSA) is 102 Å². The summed E-state index contributed by atoms with van der Waals surface area (Å²) in [5, 5.41) is 2.43. The van der Waals surface area contributed by atoms with Crippen molar-refractivity contribution >= 4 is 47.1 Å². The number of alkyl halides is 1. The van der Waals surface area contributed by atoms with Crippen LogP contribution in [0.2, 0.25) is 0 Å². The number of amides is 2. The Balaban J connectivity index is 0.00000155. The molecule has 1 aromatic rings. The molecule has 3 rings (SSSR count). The van der Waals surface area contributed by atoms with E-state index in [2.05, 4.69) is 21.7 Å². The molecule has 30 heavy (non-hydrogen) atoms. The van der Waals surface area contributed by atoms with E-state index < -0.39 is 35.6 Å². The van der Waals surface area contributed by atoms with Gasteiger partial charge in [-0.3, -0.25) is 14.4 Å². The SMILES string of the molecule is CC(=O)OCOC(=O)[C@@H]1N2C(=O)[C@@H](NC(=O)Cc3ccccc3)[C@H]2SC1(C)C.CCl. The predicted molar refractivity (Wildman–Crippen MR) is 113 cm³/mol. The van der Waals surface area contributed by atoms with Crippen LogP contribution in [0.3, 0.4) is 0 Å². The Morgan fingerprint density at radius 3 is 2.40 bits per heavy atom. The van der Waals surface area contributed by atoms with Crippen LogP contribution in [-0.4, -0.2) is 64.0 Å². The number of rotatable bonds is 6. The minimum Gasteiger partial charge on any atom is -0.428 e. The first-order valence-electron chi connectivity index (χ1n) is 9.22. The van der Waals surface area contributed by atoms with E-state index in [-0.39, 0.29) is 23.6 Å². The fourth-order valence-corrected chi connectivity index (χ4v) is 5.00. The highest BCUT2D eigenvalue weighted by molar-refractivity contribution is 8.01. The normalized spacial score (nSPS) is 23.3. The highest BCUT2D eigenvalue weighted by Gasteiger charge is 2.64. The summed E-state index contributed by atoms with van der Waals surface area (Å²) in [5.41, 5.74) is 0.856. The Morgan fingerprint density at radius 1 is 1.17 bits per heavy atom. The summed E-state index contributed by atoms with van der Waals surface area (Å²) in [7, 11) is 0. The van der Waals surface area contributed by atoms with Gasteiger partial charge in [0.05, 0.1) is 6.42 Å². The second kappa shape index (κ2) is 10.2. The monoisotopic (exact) mass is 456 g/mol. The van der Waals surface area contributed by atoms with Crippen molar-refractivity contribution in [3.8, 4) is 0 Å². The molecule has 0 spiro atoms. The fourth-order valence-electron chi connectivity index (χ4n) is 3.38. The number of hydrogen-bond donors (Lipinski definition) is 1. The van der Waals surface area contributed by atoms with Gasteiger partial charge in [-0.05, 0) is 19.4 Å². The Labute approximate surface area is 184 Å². The van der Waals surface area contributed by atoms with E-state index in [1.165, 1.54) is 30.0 Å². The van der Waals surface area contributed by atoms with Crippen LogP contribution in [0.25, 0.3) is 0 Å². The van der Waals surface area contributed by atoms with Gasteiger partial charge in [0.25, 0.3) is 0 Å². The van der Waals surface area contributed by atoms with Gasteiger partial charge in [0.2, 0.25) is 18.6 Å². The standard InChI is InChI=1S/C19H22N2O6S.CH3Cl/c1-11(22)26-10-27-18(25)15-19(2,3)28-17-14(16(24)21(15)17)20-13(23)9-12-7-5-4-6-8-12;1-2/h4-8,14-15,17H,9-10H2,1-3H3,(H,20,23);1H3/t14-,15+,17-;/m1./s1. The fraction of sp³-hybridized carbons (Fsp3) is 0.500. The lowest BCUT2D eigenvalue weighted by atomic mass is 9.96. The van der Waals surface area contributed by atoms with E-state index >= 15 is 0 Å². The zero-order valence-corrected chi connectivity index (χ0v) is 18.8. The summed E-state index contributed by atoms with van der Waals surface area (Å²) in [6, 6.07) is 7.76. The number of thioether (sulfide) groups is 1. The molecule has 1 N–H and O–H groups in total. The van der Waals surface area contributed by atoms with Gasteiger partial charge in [0.15, 0.2) is 0 Å². The molecule has 2 amide bonds. The van der Waals surface area contributed by atoms with Crippen molar-refractivity contribution in [3.05, 3.63) is 35.9 Å². The van der Waals surface area contributed by atoms with E-state index in [9.17, 15) is 19.2 Å². The first-order chi connectivity index (χ1) is 14.2. The van der Waals surface area contributed by atoms with Crippen molar-refractivity contribution in [2.45, 2.75) is 49.4 Å². The number of carbonyl (C=O) groups is 4. The lowest BCUT2D eigenvalue weighted by Gasteiger charge is -2.43. The quantitative estimate of drug-likeness (QED) is 0.301. The molecule has 0 saturated carbocycles. The largest absolute Gasteiger partial charge is 0.428 e. The van der Waals surface area contributed by atoms with E-state index in [1.54, 1.807) is 0 Å². The molecule has 3 atom stereocenters. The van der Waals surface area contributed by atoms with E-state index in [4.69, 9.17) is 4.74 Å². The van der Waals surface area contributed by atoms with E-state index in [0.29, 0.717) is 0 Å². The Hall–Kier alpha value is -2.26. The van der Waals surface area contributed by atoms with Crippen molar-refractivity contribution in [3.63, 3.8) is 0 Å². The van der Waals surface area contributed by atoms with Crippen LogP contribution in [0.15, 0.2) is 30.3 Å². The van der Waals surface area contributed by atoms with Crippen LogP contribution in [0.4, 0.5) is 0 Å². The third-order valence-electron chi connectivity index (χ3n) is 4.65. The highest BCUT2D eigenvalue weighted by Crippen LogP contribution is 2.51. The van der Waals surface area contributed by atoms with E-state index in [1.807, 2.05) is 44.2 Å². The second-order valence-corrected chi connectivity index (χ2v) is 8.96. The number of benzene rings is 1. The minimum atomic E-state index is -0.812. The van der Waals surface area contributed by atoms with Gasteiger partial charge in [0.1, 0.15) is 17.5 Å². The highest BCUT2D eigenvalue weighted by atomic mass is 35.5. The number of ether oxygens (including phenoxy) is 2. The number of nitrogens with one attached hydrogen (secondary N) is 1. The van der Waals surface area contributed by atoms with Crippen LogP contribution in [0.5, 0.6) is 0 Å². The number of esters is 2. The first kappa shape index (κ1) is 24.0.